The van der Waals surface area contributed by atoms with Crippen LogP contribution in [0.2, 0.25) is 0 Å². The smallest absolute Gasteiger partial charge is 0.338 e. The maximum atomic E-state index is 11.0. The molecule has 2 heterocycles. The highest BCUT2D eigenvalue weighted by atomic mass is 16.1. The Balaban J connectivity index is 2.58. The molecule has 0 atom stereocenters. The molecule has 15 heavy (non-hydrogen) atoms. The second-order valence-corrected chi connectivity index (χ2v) is 3.51. The second-order valence-electron chi connectivity index (χ2n) is 3.51. The molecule has 0 bridgehead atoms. The molecule has 2 aromatic heterocycles. The zero-order chi connectivity index (χ0) is 10.4. The Kier molecular flexibility index (Phi) is 1.45. The first-order valence-corrected chi connectivity index (χ1v) is 4.59. The van der Waals surface area contributed by atoms with E-state index in [0.717, 1.165) is 16.5 Å². The largest absolute Gasteiger partial charge is 0.363 e. The van der Waals surface area contributed by atoms with E-state index in [1.165, 1.54) is 0 Å². The number of rotatable bonds is 0. The third-order valence-corrected chi connectivity index (χ3v) is 2.38. The van der Waals surface area contributed by atoms with Gasteiger partial charge in [-0.15, -0.1) is 0 Å². The topological polar surface area (TPSA) is 74.4 Å². The van der Waals surface area contributed by atoms with Crippen molar-refractivity contribution in [1.29, 1.82) is 0 Å². The summed E-state index contributed by atoms with van der Waals surface area (Å²) in [4.78, 5) is 17.8. The maximum Gasteiger partial charge on any atom is 0.363 e. The SMILES string of the molecule is Cc1ccc2[nH]c3nc(=O)[nH]nc3c2c1. The van der Waals surface area contributed by atoms with Gasteiger partial charge in [0.25, 0.3) is 0 Å². The standard InChI is InChI=1S/C10H8N4O/c1-5-2-3-7-6(4-5)8-9(11-7)12-10(15)14-13-8/h2-4H,1H3,(H2,11,12,14,15). The lowest BCUT2D eigenvalue weighted by atomic mass is 10.2. The van der Waals surface area contributed by atoms with Crippen molar-refractivity contribution in [2.24, 2.45) is 0 Å². The van der Waals surface area contributed by atoms with Gasteiger partial charge in [0.2, 0.25) is 0 Å². The fourth-order valence-electron chi connectivity index (χ4n) is 1.70. The normalized spacial score (nSPS) is 11.3. The third-order valence-electron chi connectivity index (χ3n) is 2.38. The molecular formula is C10H8N4O. The summed E-state index contributed by atoms with van der Waals surface area (Å²) in [6, 6.07) is 5.97. The first kappa shape index (κ1) is 8.16. The number of nitrogens with zero attached hydrogens (tertiary/aromatic N) is 2. The molecule has 5 nitrogen and oxygen atoms in total. The average molecular weight is 200 g/mol. The Labute approximate surface area is 84.2 Å². The summed E-state index contributed by atoms with van der Waals surface area (Å²) in [5.41, 5.74) is 2.88. The fourth-order valence-corrected chi connectivity index (χ4v) is 1.70. The number of fused-ring (bicyclic) bond motifs is 3. The van der Waals surface area contributed by atoms with Crippen LogP contribution >= 0.6 is 0 Å². The van der Waals surface area contributed by atoms with Crippen molar-refractivity contribution in [2.45, 2.75) is 6.92 Å². The Morgan fingerprint density at radius 3 is 3.07 bits per heavy atom. The van der Waals surface area contributed by atoms with Crippen LogP contribution in [0.1, 0.15) is 5.56 Å². The van der Waals surface area contributed by atoms with Crippen molar-refractivity contribution >= 4 is 22.1 Å². The van der Waals surface area contributed by atoms with E-state index in [0.29, 0.717) is 11.2 Å². The van der Waals surface area contributed by atoms with Crippen LogP contribution in [0.4, 0.5) is 0 Å². The summed E-state index contributed by atoms with van der Waals surface area (Å²) in [7, 11) is 0. The number of H-pyrrole nitrogens is 2. The second kappa shape index (κ2) is 2.66. The first-order valence-electron chi connectivity index (χ1n) is 4.59. The van der Waals surface area contributed by atoms with Gasteiger partial charge in [-0.25, -0.2) is 9.89 Å². The van der Waals surface area contributed by atoms with Crippen molar-refractivity contribution < 1.29 is 0 Å². The number of aryl methyl sites for hydroxylation is 1. The van der Waals surface area contributed by atoms with Gasteiger partial charge in [-0.05, 0) is 19.1 Å². The molecule has 3 aromatic rings. The first-order chi connectivity index (χ1) is 7.24. The number of hydrogen-bond donors (Lipinski definition) is 2. The van der Waals surface area contributed by atoms with Gasteiger partial charge in [0.15, 0.2) is 5.65 Å². The molecule has 5 heteroatoms. The molecule has 0 aliphatic carbocycles. The summed E-state index contributed by atoms with van der Waals surface area (Å²) >= 11 is 0. The van der Waals surface area contributed by atoms with Crippen molar-refractivity contribution in [3.8, 4) is 0 Å². The van der Waals surface area contributed by atoms with Crippen LogP contribution in [0, 0.1) is 6.92 Å². The quantitative estimate of drug-likeness (QED) is 0.570. The lowest BCUT2D eigenvalue weighted by Gasteiger charge is -1.91. The van der Waals surface area contributed by atoms with Crippen molar-refractivity contribution in [3.05, 3.63) is 34.2 Å². The zero-order valence-corrected chi connectivity index (χ0v) is 8.03. The number of nitrogens with one attached hydrogen (secondary N) is 2. The molecular weight excluding hydrogens is 192 g/mol. The predicted octanol–water partition coefficient (Wildman–Crippen LogP) is 1.11. The summed E-state index contributed by atoms with van der Waals surface area (Å²) in [6.45, 7) is 2.01. The average Bonchev–Trinajstić information content (AvgIpc) is 2.54. The van der Waals surface area contributed by atoms with E-state index in [9.17, 15) is 4.79 Å². The summed E-state index contributed by atoms with van der Waals surface area (Å²) < 4.78 is 0. The van der Waals surface area contributed by atoms with Gasteiger partial charge in [-0.3, -0.25) is 0 Å². The highest BCUT2D eigenvalue weighted by molar-refractivity contribution is 6.03. The van der Waals surface area contributed by atoms with Crippen LogP contribution in [0.3, 0.4) is 0 Å². The molecule has 0 radical (unpaired) electrons. The molecule has 0 fully saturated rings. The molecule has 2 N–H and O–H groups in total. The van der Waals surface area contributed by atoms with Gasteiger partial charge < -0.3 is 4.98 Å². The number of aromatic nitrogens is 4. The Hall–Kier alpha value is -2.17. The monoisotopic (exact) mass is 200 g/mol. The van der Waals surface area contributed by atoms with E-state index < -0.39 is 5.69 Å². The zero-order valence-electron chi connectivity index (χ0n) is 8.03. The van der Waals surface area contributed by atoms with Gasteiger partial charge in [-0.1, -0.05) is 11.6 Å². The summed E-state index contributed by atoms with van der Waals surface area (Å²) in [5.74, 6) is 0. The molecule has 74 valence electrons. The number of aromatic amines is 2. The molecule has 0 aliphatic heterocycles. The highest BCUT2D eigenvalue weighted by Crippen LogP contribution is 2.21. The fraction of sp³-hybridized carbons (Fsp3) is 0.100. The van der Waals surface area contributed by atoms with Crippen LogP contribution in [0.15, 0.2) is 23.0 Å². The molecule has 0 aliphatic rings. The van der Waals surface area contributed by atoms with Gasteiger partial charge in [-0.2, -0.15) is 10.1 Å². The van der Waals surface area contributed by atoms with Gasteiger partial charge in [0.05, 0.1) is 0 Å². The Morgan fingerprint density at radius 1 is 1.33 bits per heavy atom. The Bertz CT molecular complexity index is 710. The van der Waals surface area contributed by atoms with E-state index >= 15 is 0 Å². The van der Waals surface area contributed by atoms with E-state index in [4.69, 9.17) is 0 Å². The summed E-state index contributed by atoms with van der Waals surface area (Å²) in [6.07, 6.45) is 0. The molecule has 0 unspecified atom stereocenters. The molecule has 0 saturated heterocycles. The van der Waals surface area contributed by atoms with Crippen LogP contribution in [-0.2, 0) is 0 Å². The lowest BCUT2D eigenvalue weighted by Crippen LogP contribution is -2.10. The molecule has 0 saturated carbocycles. The van der Waals surface area contributed by atoms with Gasteiger partial charge in [0, 0.05) is 10.9 Å². The summed E-state index contributed by atoms with van der Waals surface area (Å²) in [5, 5.41) is 7.29. The lowest BCUT2D eigenvalue weighted by molar-refractivity contribution is 0.960. The van der Waals surface area contributed by atoms with E-state index in [1.54, 1.807) is 0 Å². The molecule has 1 aromatic carbocycles. The minimum atomic E-state index is -0.439. The van der Waals surface area contributed by atoms with Crippen molar-refractivity contribution in [1.82, 2.24) is 20.2 Å². The van der Waals surface area contributed by atoms with E-state index in [1.807, 2.05) is 25.1 Å². The van der Waals surface area contributed by atoms with E-state index in [2.05, 4.69) is 20.2 Å². The minimum absolute atomic E-state index is 0.439. The molecule has 0 spiro atoms. The maximum absolute atomic E-state index is 11.0. The van der Waals surface area contributed by atoms with Crippen molar-refractivity contribution in [3.63, 3.8) is 0 Å². The van der Waals surface area contributed by atoms with Crippen LogP contribution in [-0.4, -0.2) is 20.2 Å². The number of hydrogen-bond acceptors (Lipinski definition) is 3. The van der Waals surface area contributed by atoms with Crippen LogP contribution in [0.5, 0.6) is 0 Å². The van der Waals surface area contributed by atoms with Crippen LogP contribution < -0.4 is 5.69 Å². The molecule has 3 rings (SSSR count). The Morgan fingerprint density at radius 2 is 2.20 bits per heavy atom. The number of benzene rings is 1. The van der Waals surface area contributed by atoms with Gasteiger partial charge >= 0.3 is 5.69 Å². The highest BCUT2D eigenvalue weighted by Gasteiger charge is 2.06. The van der Waals surface area contributed by atoms with Crippen LogP contribution in [0.25, 0.3) is 22.1 Å². The van der Waals surface area contributed by atoms with Gasteiger partial charge in [0.1, 0.15) is 5.52 Å². The third kappa shape index (κ3) is 1.13. The van der Waals surface area contributed by atoms with E-state index in [-0.39, 0.29) is 0 Å². The predicted molar refractivity (Wildman–Crippen MR) is 56.8 cm³/mol. The minimum Gasteiger partial charge on any atom is -0.338 e. The van der Waals surface area contributed by atoms with Crippen molar-refractivity contribution in [2.75, 3.05) is 0 Å². The molecule has 0 amide bonds.